The molecule has 0 aliphatic carbocycles. The third-order valence-electron chi connectivity index (χ3n) is 3.72. The fourth-order valence-electron chi connectivity index (χ4n) is 2.48. The minimum atomic E-state index is -0.102. The first-order valence-electron chi connectivity index (χ1n) is 7.45. The van der Waals surface area contributed by atoms with E-state index < -0.39 is 0 Å². The summed E-state index contributed by atoms with van der Waals surface area (Å²) in [5.74, 6) is 0.426. The van der Waals surface area contributed by atoms with Crippen molar-refractivity contribution in [3.8, 4) is 11.4 Å². The zero-order chi connectivity index (χ0) is 15.8. The standard InChI is InChI=1S/C19H25NO/c1-18(2,3)15-12-14(20-10-8-7-9-11-20)13-16(17(15)21)19(4,5)6/h7-13H,1-6H3/p+1. The first-order valence-corrected chi connectivity index (χ1v) is 7.45. The summed E-state index contributed by atoms with van der Waals surface area (Å²) in [5.41, 5.74) is 2.86. The van der Waals surface area contributed by atoms with Crippen molar-refractivity contribution in [2.24, 2.45) is 0 Å². The maximum Gasteiger partial charge on any atom is 0.211 e. The van der Waals surface area contributed by atoms with Gasteiger partial charge in [0.25, 0.3) is 0 Å². The second-order valence-corrected chi connectivity index (χ2v) is 7.67. The highest BCUT2D eigenvalue weighted by atomic mass is 16.3. The minimum Gasteiger partial charge on any atom is -0.507 e. The first kappa shape index (κ1) is 15.6. The maximum absolute atomic E-state index is 10.7. The van der Waals surface area contributed by atoms with Gasteiger partial charge < -0.3 is 5.11 Å². The normalized spacial score (nSPS) is 12.5. The van der Waals surface area contributed by atoms with Crippen molar-refractivity contribution in [2.75, 3.05) is 0 Å². The molecule has 0 radical (unpaired) electrons. The molecule has 1 heterocycles. The zero-order valence-electron chi connectivity index (χ0n) is 13.9. The lowest BCUT2D eigenvalue weighted by Gasteiger charge is -2.27. The Morgan fingerprint density at radius 3 is 1.57 bits per heavy atom. The van der Waals surface area contributed by atoms with Gasteiger partial charge in [-0.15, -0.1) is 0 Å². The van der Waals surface area contributed by atoms with Crippen molar-refractivity contribution >= 4 is 0 Å². The Bertz CT molecular complexity index is 596. The predicted octanol–water partition coefficient (Wildman–Crippen LogP) is 4.26. The molecule has 2 rings (SSSR count). The van der Waals surface area contributed by atoms with Crippen molar-refractivity contribution < 1.29 is 9.67 Å². The molecule has 2 heteroatoms. The molecule has 0 aliphatic heterocycles. The monoisotopic (exact) mass is 284 g/mol. The molecule has 2 nitrogen and oxygen atoms in total. The topological polar surface area (TPSA) is 24.1 Å². The molecule has 1 aromatic carbocycles. The van der Waals surface area contributed by atoms with Crippen molar-refractivity contribution in [2.45, 2.75) is 52.4 Å². The largest absolute Gasteiger partial charge is 0.507 e. The number of benzene rings is 1. The van der Waals surface area contributed by atoms with Crippen molar-refractivity contribution in [1.82, 2.24) is 0 Å². The number of phenolic OH excluding ortho intramolecular Hbond substituents is 1. The van der Waals surface area contributed by atoms with E-state index in [1.54, 1.807) is 0 Å². The van der Waals surface area contributed by atoms with E-state index in [0.717, 1.165) is 16.8 Å². The number of hydrogen-bond donors (Lipinski definition) is 1. The van der Waals surface area contributed by atoms with Crippen LogP contribution in [0.1, 0.15) is 52.7 Å². The Morgan fingerprint density at radius 2 is 1.19 bits per heavy atom. The molecule has 0 bridgehead atoms. The zero-order valence-corrected chi connectivity index (χ0v) is 13.9. The van der Waals surface area contributed by atoms with Crippen molar-refractivity contribution in [3.63, 3.8) is 0 Å². The first-order chi connectivity index (χ1) is 9.60. The van der Waals surface area contributed by atoms with Crippen molar-refractivity contribution in [1.29, 1.82) is 0 Å². The number of pyridine rings is 1. The van der Waals surface area contributed by atoms with Crippen LogP contribution in [0.3, 0.4) is 0 Å². The number of rotatable bonds is 1. The molecule has 0 atom stereocenters. The van der Waals surface area contributed by atoms with Crippen LogP contribution >= 0.6 is 0 Å². The third-order valence-corrected chi connectivity index (χ3v) is 3.72. The second kappa shape index (κ2) is 5.18. The van der Waals surface area contributed by atoms with Gasteiger partial charge in [0.1, 0.15) is 5.75 Å². The highest BCUT2D eigenvalue weighted by molar-refractivity contribution is 5.52. The van der Waals surface area contributed by atoms with Gasteiger partial charge in [-0.1, -0.05) is 47.6 Å². The van der Waals surface area contributed by atoms with Crippen LogP contribution in [-0.4, -0.2) is 5.11 Å². The summed E-state index contributed by atoms with van der Waals surface area (Å²) in [5, 5.41) is 10.7. The molecule has 0 unspecified atom stereocenters. The van der Waals surface area contributed by atoms with Crippen LogP contribution in [0.5, 0.6) is 5.75 Å². The molecule has 1 aromatic heterocycles. The maximum atomic E-state index is 10.7. The van der Waals surface area contributed by atoms with Gasteiger partial charge in [-0.3, -0.25) is 0 Å². The number of hydrogen-bond acceptors (Lipinski definition) is 1. The van der Waals surface area contributed by atoms with Gasteiger partial charge in [-0.2, -0.15) is 4.57 Å². The van der Waals surface area contributed by atoms with Gasteiger partial charge >= 0.3 is 0 Å². The lowest BCUT2D eigenvalue weighted by atomic mass is 9.79. The average molecular weight is 284 g/mol. The van der Waals surface area contributed by atoms with Crippen molar-refractivity contribution in [3.05, 3.63) is 53.9 Å². The highest BCUT2D eigenvalue weighted by Gasteiger charge is 2.28. The lowest BCUT2D eigenvalue weighted by molar-refractivity contribution is -0.595. The quantitative estimate of drug-likeness (QED) is 0.777. The number of aromatic hydroxyl groups is 1. The predicted molar refractivity (Wildman–Crippen MR) is 87.0 cm³/mol. The van der Waals surface area contributed by atoms with E-state index in [1.807, 2.05) is 30.6 Å². The Kier molecular flexibility index (Phi) is 3.83. The van der Waals surface area contributed by atoms with E-state index in [0.29, 0.717) is 5.75 Å². The molecule has 1 N–H and O–H groups in total. The van der Waals surface area contributed by atoms with Crippen LogP contribution in [0.4, 0.5) is 0 Å². The fraction of sp³-hybridized carbons (Fsp3) is 0.421. The average Bonchev–Trinajstić information content (AvgIpc) is 2.37. The Labute approximate surface area is 128 Å². The highest BCUT2D eigenvalue weighted by Crippen LogP contribution is 2.39. The molecule has 0 saturated heterocycles. The molecule has 112 valence electrons. The molecule has 0 aliphatic rings. The molecule has 0 fully saturated rings. The summed E-state index contributed by atoms with van der Waals surface area (Å²) in [4.78, 5) is 0. The van der Waals surface area contributed by atoms with E-state index in [-0.39, 0.29) is 10.8 Å². The van der Waals surface area contributed by atoms with E-state index in [9.17, 15) is 5.11 Å². The molecule has 2 aromatic rings. The summed E-state index contributed by atoms with van der Waals surface area (Å²) >= 11 is 0. The third kappa shape index (κ3) is 3.26. The lowest BCUT2D eigenvalue weighted by Crippen LogP contribution is -2.31. The van der Waals surface area contributed by atoms with E-state index in [2.05, 4.69) is 58.2 Å². The van der Waals surface area contributed by atoms with Gasteiger partial charge in [0.05, 0.1) is 0 Å². The van der Waals surface area contributed by atoms with Crippen LogP contribution in [0.25, 0.3) is 5.69 Å². The molecule has 0 saturated carbocycles. The summed E-state index contributed by atoms with van der Waals surface area (Å²) in [6, 6.07) is 10.2. The summed E-state index contributed by atoms with van der Waals surface area (Å²) in [7, 11) is 0. The van der Waals surface area contributed by atoms with Gasteiger partial charge in [0.15, 0.2) is 12.4 Å². The Balaban J connectivity index is 2.75. The molecule has 0 amide bonds. The number of aromatic nitrogens is 1. The van der Waals surface area contributed by atoms with E-state index in [4.69, 9.17) is 0 Å². The molecule has 0 spiro atoms. The minimum absolute atomic E-state index is 0.102. The van der Waals surface area contributed by atoms with Crippen LogP contribution in [-0.2, 0) is 10.8 Å². The molecular weight excluding hydrogens is 258 g/mol. The number of nitrogens with zero attached hydrogens (tertiary/aromatic N) is 1. The van der Waals surface area contributed by atoms with E-state index >= 15 is 0 Å². The van der Waals surface area contributed by atoms with Crippen LogP contribution < -0.4 is 4.57 Å². The summed E-state index contributed by atoms with van der Waals surface area (Å²) < 4.78 is 2.09. The van der Waals surface area contributed by atoms with Gasteiger partial charge in [-0.25, -0.2) is 0 Å². The van der Waals surface area contributed by atoms with Crippen LogP contribution in [0, 0.1) is 0 Å². The van der Waals surface area contributed by atoms with Crippen LogP contribution in [0.15, 0.2) is 42.7 Å². The summed E-state index contributed by atoms with van der Waals surface area (Å²) in [6.45, 7) is 12.8. The van der Waals surface area contributed by atoms with Gasteiger partial charge in [0.2, 0.25) is 5.69 Å². The summed E-state index contributed by atoms with van der Waals surface area (Å²) in [6.07, 6.45) is 4.07. The fourth-order valence-corrected chi connectivity index (χ4v) is 2.48. The van der Waals surface area contributed by atoms with Gasteiger partial charge in [-0.05, 0) is 10.8 Å². The Morgan fingerprint density at radius 1 is 0.762 bits per heavy atom. The molecular formula is C19H26NO+. The molecule has 21 heavy (non-hydrogen) atoms. The van der Waals surface area contributed by atoms with Crippen LogP contribution in [0.2, 0.25) is 0 Å². The Hall–Kier alpha value is -1.83. The smallest absolute Gasteiger partial charge is 0.211 e. The second-order valence-electron chi connectivity index (χ2n) is 7.67. The number of phenols is 1. The SMILES string of the molecule is CC(C)(C)c1cc(-[n+]2ccccc2)cc(C(C)(C)C)c1O. The van der Waals surface area contributed by atoms with E-state index in [1.165, 1.54) is 0 Å². The van der Waals surface area contributed by atoms with Gasteiger partial charge in [0, 0.05) is 35.4 Å².